The molecule has 0 fully saturated rings. The van der Waals surface area contributed by atoms with Crippen LogP contribution in [0.15, 0.2) is 53.2 Å². The summed E-state index contributed by atoms with van der Waals surface area (Å²) in [5, 5.41) is 17.7. The number of rotatable bonds is 6. The predicted molar refractivity (Wildman–Crippen MR) is 120 cm³/mol. The standard InChI is InChI=1S/C23H22N8O/c1-23(2,13-25)18-11-16(8-10-27-18)17-12-28-20(26)19(29-17)22-31-30-21(32-22)15-5-3-14(4-6-15)7-9-24/h3-6,8,10-12H,7,9,24H2,1-2H3,(H2,26,28). The van der Waals surface area contributed by atoms with Crippen molar-refractivity contribution in [1.82, 2.24) is 25.1 Å². The molecular formula is C23H22N8O. The Morgan fingerprint density at radius 2 is 1.78 bits per heavy atom. The third kappa shape index (κ3) is 4.17. The first-order valence-corrected chi connectivity index (χ1v) is 10.0. The first kappa shape index (κ1) is 21.1. The second-order valence-electron chi connectivity index (χ2n) is 7.80. The van der Waals surface area contributed by atoms with Gasteiger partial charge in [0.15, 0.2) is 11.5 Å². The summed E-state index contributed by atoms with van der Waals surface area (Å²) >= 11 is 0. The van der Waals surface area contributed by atoms with Crippen LogP contribution in [0, 0.1) is 11.3 Å². The fourth-order valence-corrected chi connectivity index (χ4v) is 3.10. The van der Waals surface area contributed by atoms with Gasteiger partial charge in [-0.3, -0.25) is 4.98 Å². The molecule has 4 N–H and O–H groups in total. The van der Waals surface area contributed by atoms with Gasteiger partial charge in [-0.2, -0.15) is 5.26 Å². The normalized spacial score (nSPS) is 11.3. The van der Waals surface area contributed by atoms with E-state index in [-0.39, 0.29) is 11.7 Å². The van der Waals surface area contributed by atoms with Crippen molar-refractivity contribution in [2.75, 3.05) is 12.3 Å². The van der Waals surface area contributed by atoms with Gasteiger partial charge in [0.05, 0.1) is 29.1 Å². The van der Waals surface area contributed by atoms with E-state index in [9.17, 15) is 5.26 Å². The van der Waals surface area contributed by atoms with Crippen molar-refractivity contribution < 1.29 is 4.42 Å². The highest BCUT2D eigenvalue weighted by Gasteiger charge is 2.22. The van der Waals surface area contributed by atoms with E-state index in [0.29, 0.717) is 29.5 Å². The number of nitrogens with two attached hydrogens (primary N) is 2. The topological polar surface area (TPSA) is 153 Å². The van der Waals surface area contributed by atoms with Gasteiger partial charge in [-0.1, -0.05) is 12.1 Å². The van der Waals surface area contributed by atoms with E-state index >= 15 is 0 Å². The summed E-state index contributed by atoms with van der Waals surface area (Å²) in [7, 11) is 0. The van der Waals surface area contributed by atoms with Gasteiger partial charge in [-0.15, -0.1) is 10.2 Å². The number of anilines is 1. The highest BCUT2D eigenvalue weighted by atomic mass is 16.4. The molecule has 0 saturated heterocycles. The summed E-state index contributed by atoms with van der Waals surface area (Å²) in [6.07, 6.45) is 4.00. The Labute approximate surface area is 185 Å². The molecule has 0 saturated carbocycles. The third-order valence-corrected chi connectivity index (χ3v) is 5.04. The Hall–Kier alpha value is -4.16. The Bertz CT molecular complexity index is 1290. The summed E-state index contributed by atoms with van der Waals surface area (Å²) in [5.41, 5.74) is 15.1. The lowest BCUT2D eigenvalue weighted by molar-refractivity contribution is 0.582. The second kappa shape index (κ2) is 8.53. The van der Waals surface area contributed by atoms with Gasteiger partial charge in [0, 0.05) is 17.3 Å². The van der Waals surface area contributed by atoms with Gasteiger partial charge in [0.25, 0.3) is 5.89 Å². The second-order valence-corrected chi connectivity index (χ2v) is 7.80. The lowest BCUT2D eigenvalue weighted by atomic mass is 9.90. The van der Waals surface area contributed by atoms with E-state index in [1.54, 1.807) is 18.5 Å². The highest BCUT2D eigenvalue weighted by Crippen LogP contribution is 2.29. The van der Waals surface area contributed by atoms with Crippen LogP contribution in [0.1, 0.15) is 25.1 Å². The number of aromatic nitrogens is 5. The van der Waals surface area contributed by atoms with Gasteiger partial charge in [-0.25, -0.2) is 9.97 Å². The van der Waals surface area contributed by atoms with Crippen LogP contribution in [0.2, 0.25) is 0 Å². The fraction of sp³-hybridized carbons (Fsp3) is 0.217. The van der Waals surface area contributed by atoms with Crippen molar-refractivity contribution in [1.29, 1.82) is 5.26 Å². The van der Waals surface area contributed by atoms with Crippen LogP contribution >= 0.6 is 0 Å². The zero-order valence-corrected chi connectivity index (χ0v) is 17.8. The van der Waals surface area contributed by atoms with E-state index in [1.165, 1.54) is 0 Å². The number of benzene rings is 1. The monoisotopic (exact) mass is 426 g/mol. The Morgan fingerprint density at radius 3 is 2.50 bits per heavy atom. The molecule has 0 aliphatic heterocycles. The minimum Gasteiger partial charge on any atom is -0.414 e. The van der Waals surface area contributed by atoms with Crippen molar-refractivity contribution in [3.05, 3.63) is 60.0 Å². The largest absolute Gasteiger partial charge is 0.414 e. The van der Waals surface area contributed by atoms with Crippen molar-refractivity contribution in [3.8, 4) is 40.4 Å². The molecule has 0 aliphatic carbocycles. The third-order valence-electron chi connectivity index (χ3n) is 5.04. The molecule has 1 aromatic carbocycles. The number of nitrogens with zero attached hydrogens (tertiary/aromatic N) is 6. The van der Waals surface area contributed by atoms with E-state index in [2.05, 4.69) is 31.2 Å². The minimum atomic E-state index is -0.735. The van der Waals surface area contributed by atoms with E-state index in [0.717, 1.165) is 23.1 Å². The molecule has 0 aliphatic rings. The zero-order chi connectivity index (χ0) is 22.7. The maximum atomic E-state index is 9.41. The van der Waals surface area contributed by atoms with Gasteiger partial charge in [0.2, 0.25) is 5.89 Å². The number of nitrogen functional groups attached to an aromatic ring is 1. The fourth-order valence-electron chi connectivity index (χ4n) is 3.10. The number of pyridine rings is 1. The molecule has 0 spiro atoms. The molecule has 0 amide bonds. The van der Waals surface area contributed by atoms with Crippen LogP contribution in [0.25, 0.3) is 34.3 Å². The van der Waals surface area contributed by atoms with E-state index in [4.69, 9.17) is 15.9 Å². The predicted octanol–water partition coefficient (Wildman–Crippen LogP) is 3.14. The van der Waals surface area contributed by atoms with Crippen molar-refractivity contribution in [3.63, 3.8) is 0 Å². The Kier molecular flexibility index (Phi) is 5.62. The van der Waals surface area contributed by atoms with Crippen LogP contribution in [-0.2, 0) is 11.8 Å². The smallest absolute Gasteiger partial charge is 0.270 e. The molecule has 0 bridgehead atoms. The summed E-state index contributed by atoms with van der Waals surface area (Å²) in [4.78, 5) is 13.2. The first-order chi connectivity index (χ1) is 15.4. The summed E-state index contributed by atoms with van der Waals surface area (Å²) in [6.45, 7) is 4.20. The van der Waals surface area contributed by atoms with Crippen LogP contribution < -0.4 is 11.5 Å². The van der Waals surface area contributed by atoms with Gasteiger partial charge >= 0.3 is 0 Å². The van der Waals surface area contributed by atoms with Crippen LogP contribution in [0.3, 0.4) is 0 Å². The minimum absolute atomic E-state index is 0.171. The molecule has 9 nitrogen and oxygen atoms in total. The summed E-state index contributed by atoms with van der Waals surface area (Å²) < 4.78 is 5.84. The molecule has 3 heterocycles. The molecule has 3 aromatic heterocycles. The van der Waals surface area contributed by atoms with Gasteiger partial charge in [0.1, 0.15) is 0 Å². The summed E-state index contributed by atoms with van der Waals surface area (Å²) in [6, 6.07) is 13.6. The maximum Gasteiger partial charge on any atom is 0.270 e. The SMILES string of the molecule is CC(C)(C#N)c1cc(-c2cnc(N)c(-c3nnc(-c4ccc(CCN)cc4)o3)n2)ccn1. The van der Waals surface area contributed by atoms with Gasteiger partial charge in [-0.05, 0) is 56.6 Å². The van der Waals surface area contributed by atoms with Gasteiger partial charge < -0.3 is 15.9 Å². The Morgan fingerprint density at radius 1 is 1.03 bits per heavy atom. The molecule has 9 heteroatoms. The van der Waals surface area contributed by atoms with Crippen molar-refractivity contribution in [2.24, 2.45) is 5.73 Å². The average molecular weight is 426 g/mol. The zero-order valence-electron chi connectivity index (χ0n) is 17.8. The van der Waals surface area contributed by atoms with Crippen LogP contribution in [0.5, 0.6) is 0 Å². The molecule has 0 unspecified atom stereocenters. The lowest BCUT2D eigenvalue weighted by Gasteiger charge is -2.15. The number of hydrogen-bond acceptors (Lipinski definition) is 9. The molecule has 4 aromatic rings. The molecular weight excluding hydrogens is 404 g/mol. The maximum absolute atomic E-state index is 9.41. The van der Waals surface area contributed by atoms with Crippen LogP contribution in [-0.4, -0.2) is 31.7 Å². The molecule has 160 valence electrons. The van der Waals surface area contributed by atoms with E-state index in [1.807, 2.05) is 44.2 Å². The Balaban J connectivity index is 1.68. The lowest BCUT2D eigenvalue weighted by Crippen LogP contribution is -2.15. The molecule has 4 rings (SSSR count). The van der Waals surface area contributed by atoms with Crippen molar-refractivity contribution in [2.45, 2.75) is 25.7 Å². The average Bonchev–Trinajstić information content (AvgIpc) is 3.30. The quantitative estimate of drug-likeness (QED) is 0.473. The van der Waals surface area contributed by atoms with E-state index < -0.39 is 5.41 Å². The molecule has 32 heavy (non-hydrogen) atoms. The molecule has 0 atom stereocenters. The number of hydrogen-bond donors (Lipinski definition) is 2. The van der Waals surface area contributed by atoms with Crippen molar-refractivity contribution >= 4 is 5.82 Å². The number of nitriles is 1. The first-order valence-electron chi connectivity index (χ1n) is 10.0. The van der Waals surface area contributed by atoms with Crippen LogP contribution in [0.4, 0.5) is 5.82 Å². The summed E-state index contributed by atoms with van der Waals surface area (Å²) in [5.74, 6) is 0.700. The molecule has 0 radical (unpaired) electrons. The highest BCUT2D eigenvalue weighted by molar-refractivity contribution is 5.69.